The number of amides is 1. The second-order valence-electron chi connectivity index (χ2n) is 6.92. The van der Waals surface area contributed by atoms with E-state index in [1.165, 1.54) is 19.3 Å². The van der Waals surface area contributed by atoms with Crippen molar-refractivity contribution in [3.8, 4) is 0 Å². The molecule has 1 amide bonds. The summed E-state index contributed by atoms with van der Waals surface area (Å²) in [6, 6.07) is 5.80. The molecule has 1 atom stereocenters. The third-order valence-electron chi connectivity index (χ3n) is 5.14. The van der Waals surface area contributed by atoms with Gasteiger partial charge in [-0.15, -0.1) is 0 Å². The first kappa shape index (κ1) is 16.2. The predicted molar refractivity (Wildman–Crippen MR) is 92.0 cm³/mol. The van der Waals surface area contributed by atoms with Gasteiger partial charge in [0, 0.05) is 37.2 Å². The maximum atomic E-state index is 12.7. The fraction of sp³-hybridized carbons (Fsp3) is 0.579. The maximum Gasteiger partial charge on any atom is 0.227 e. The van der Waals surface area contributed by atoms with E-state index in [0.717, 1.165) is 42.9 Å². The summed E-state index contributed by atoms with van der Waals surface area (Å²) in [5, 5.41) is 0. The molecule has 2 aliphatic heterocycles. The molecular weight excluding hydrogens is 288 g/mol. The van der Waals surface area contributed by atoms with Crippen molar-refractivity contribution >= 4 is 17.4 Å². The second kappa shape index (κ2) is 6.83. The molecule has 1 aromatic rings. The topological polar surface area (TPSA) is 40.6 Å². The number of rotatable bonds is 4. The van der Waals surface area contributed by atoms with Crippen LogP contribution in [-0.4, -0.2) is 43.3 Å². The Hall–Kier alpha value is -1.68. The molecule has 124 valence electrons. The molecule has 0 bridgehead atoms. The number of carbonyl (C=O) groups excluding carboxylic acids is 2. The van der Waals surface area contributed by atoms with Crippen molar-refractivity contribution in [2.75, 3.05) is 31.6 Å². The van der Waals surface area contributed by atoms with Crippen LogP contribution < -0.4 is 4.90 Å². The molecule has 0 aromatic heterocycles. The molecule has 3 rings (SSSR count). The van der Waals surface area contributed by atoms with E-state index in [0.29, 0.717) is 6.42 Å². The van der Waals surface area contributed by atoms with E-state index in [-0.39, 0.29) is 17.6 Å². The van der Waals surface area contributed by atoms with Gasteiger partial charge in [0.15, 0.2) is 5.78 Å². The van der Waals surface area contributed by atoms with Gasteiger partial charge in [-0.1, -0.05) is 13.3 Å². The molecule has 0 radical (unpaired) electrons. The van der Waals surface area contributed by atoms with Crippen LogP contribution in [0.15, 0.2) is 18.2 Å². The Labute approximate surface area is 138 Å². The molecule has 0 saturated carbocycles. The molecule has 1 fully saturated rings. The first-order valence-electron chi connectivity index (χ1n) is 8.72. The highest BCUT2D eigenvalue weighted by Crippen LogP contribution is 2.28. The van der Waals surface area contributed by atoms with Gasteiger partial charge in [0.25, 0.3) is 0 Å². The Balaban J connectivity index is 1.71. The standard InChI is InChI=1S/C19H26N2O2/c1-14(13-21-10-4-3-5-11-21)19(23)16-6-8-17-15(12-16)7-9-18(22)20(17)2/h6,8,12,14H,3-5,7,9-11,13H2,1-2H3. The first-order valence-corrected chi connectivity index (χ1v) is 8.72. The molecular formula is C19H26N2O2. The van der Waals surface area contributed by atoms with Gasteiger partial charge in [-0.2, -0.15) is 0 Å². The van der Waals surface area contributed by atoms with Crippen molar-refractivity contribution in [3.63, 3.8) is 0 Å². The van der Waals surface area contributed by atoms with Gasteiger partial charge in [0.1, 0.15) is 0 Å². The van der Waals surface area contributed by atoms with Gasteiger partial charge < -0.3 is 9.80 Å². The average Bonchev–Trinajstić information content (AvgIpc) is 2.58. The number of hydrogen-bond donors (Lipinski definition) is 0. The van der Waals surface area contributed by atoms with Crippen molar-refractivity contribution in [1.82, 2.24) is 4.90 Å². The van der Waals surface area contributed by atoms with E-state index in [4.69, 9.17) is 0 Å². The second-order valence-corrected chi connectivity index (χ2v) is 6.92. The number of hydrogen-bond acceptors (Lipinski definition) is 3. The summed E-state index contributed by atoms with van der Waals surface area (Å²) >= 11 is 0. The van der Waals surface area contributed by atoms with Crippen LogP contribution in [0.1, 0.15) is 48.5 Å². The van der Waals surface area contributed by atoms with Gasteiger partial charge in [0.2, 0.25) is 5.91 Å². The number of Topliss-reactive ketones (excluding diaryl/α,β-unsaturated/α-hetero) is 1. The van der Waals surface area contributed by atoms with Crippen LogP contribution in [0, 0.1) is 5.92 Å². The highest BCUT2D eigenvalue weighted by Gasteiger charge is 2.24. The van der Waals surface area contributed by atoms with Crippen LogP contribution in [-0.2, 0) is 11.2 Å². The zero-order valence-electron chi connectivity index (χ0n) is 14.2. The van der Waals surface area contributed by atoms with Crippen molar-refractivity contribution in [3.05, 3.63) is 29.3 Å². The SMILES string of the molecule is CC(CN1CCCCC1)C(=O)c1ccc2c(c1)CCC(=O)N2C. The number of benzene rings is 1. The summed E-state index contributed by atoms with van der Waals surface area (Å²) in [7, 11) is 1.81. The van der Waals surface area contributed by atoms with Crippen LogP contribution in [0.4, 0.5) is 5.69 Å². The van der Waals surface area contributed by atoms with Gasteiger partial charge in [-0.3, -0.25) is 9.59 Å². The maximum absolute atomic E-state index is 12.7. The Morgan fingerprint density at radius 3 is 2.65 bits per heavy atom. The number of carbonyl (C=O) groups is 2. The predicted octanol–water partition coefficient (Wildman–Crippen LogP) is 2.90. The largest absolute Gasteiger partial charge is 0.315 e. The number of aryl methyl sites for hydroxylation is 1. The van der Waals surface area contributed by atoms with Gasteiger partial charge in [-0.05, 0) is 56.1 Å². The molecule has 1 unspecified atom stereocenters. The van der Waals surface area contributed by atoms with Crippen LogP contribution in [0.3, 0.4) is 0 Å². The summed E-state index contributed by atoms with van der Waals surface area (Å²) < 4.78 is 0. The Morgan fingerprint density at radius 1 is 1.17 bits per heavy atom. The summed E-state index contributed by atoms with van der Waals surface area (Å²) in [5.74, 6) is 0.391. The number of nitrogens with zero attached hydrogens (tertiary/aromatic N) is 2. The number of piperidine rings is 1. The fourth-order valence-electron chi connectivity index (χ4n) is 3.71. The van der Waals surface area contributed by atoms with E-state index in [1.54, 1.807) is 11.9 Å². The Bertz CT molecular complexity index is 605. The minimum Gasteiger partial charge on any atom is -0.315 e. The molecule has 0 aliphatic carbocycles. The molecule has 4 heteroatoms. The van der Waals surface area contributed by atoms with E-state index in [1.807, 2.05) is 25.1 Å². The lowest BCUT2D eigenvalue weighted by molar-refractivity contribution is -0.118. The molecule has 0 spiro atoms. The van der Waals surface area contributed by atoms with Crippen LogP contribution >= 0.6 is 0 Å². The molecule has 1 saturated heterocycles. The smallest absolute Gasteiger partial charge is 0.227 e. The number of likely N-dealkylation sites (tertiary alicyclic amines) is 1. The minimum absolute atomic E-state index is 0.0223. The van der Waals surface area contributed by atoms with Gasteiger partial charge >= 0.3 is 0 Å². The number of ketones is 1. The van der Waals surface area contributed by atoms with Gasteiger partial charge in [0.05, 0.1) is 0 Å². The van der Waals surface area contributed by atoms with Crippen molar-refractivity contribution in [2.24, 2.45) is 5.92 Å². The summed E-state index contributed by atoms with van der Waals surface area (Å²) in [6.45, 7) is 5.13. The Morgan fingerprint density at radius 2 is 1.91 bits per heavy atom. The zero-order chi connectivity index (χ0) is 16.4. The normalized spacial score (nSPS) is 20.3. The fourth-order valence-corrected chi connectivity index (χ4v) is 3.71. The van der Waals surface area contributed by atoms with E-state index in [2.05, 4.69) is 4.90 Å². The van der Waals surface area contributed by atoms with E-state index >= 15 is 0 Å². The van der Waals surface area contributed by atoms with Crippen LogP contribution in [0.5, 0.6) is 0 Å². The molecule has 1 aromatic carbocycles. The first-order chi connectivity index (χ1) is 11.1. The zero-order valence-corrected chi connectivity index (χ0v) is 14.2. The summed E-state index contributed by atoms with van der Waals surface area (Å²) in [6.07, 6.45) is 5.08. The van der Waals surface area contributed by atoms with E-state index in [9.17, 15) is 9.59 Å². The molecule has 2 heterocycles. The van der Waals surface area contributed by atoms with Crippen molar-refractivity contribution < 1.29 is 9.59 Å². The average molecular weight is 314 g/mol. The number of fused-ring (bicyclic) bond motifs is 1. The minimum atomic E-state index is 0.0223. The lowest BCUT2D eigenvalue weighted by atomic mass is 9.93. The van der Waals surface area contributed by atoms with E-state index < -0.39 is 0 Å². The van der Waals surface area contributed by atoms with Crippen molar-refractivity contribution in [2.45, 2.75) is 39.0 Å². The molecule has 2 aliphatic rings. The third kappa shape index (κ3) is 3.47. The molecule has 23 heavy (non-hydrogen) atoms. The van der Waals surface area contributed by atoms with Crippen LogP contribution in [0.2, 0.25) is 0 Å². The third-order valence-corrected chi connectivity index (χ3v) is 5.14. The van der Waals surface area contributed by atoms with Crippen LogP contribution in [0.25, 0.3) is 0 Å². The quantitative estimate of drug-likeness (QED) is 0.802. The number of anilines is 1. The summed E-state index contributed by atoms with van der Waals surface area (Å²) in [5.41, 5.74) is 2.85. The highest BCUT2D eigenvalue weighted by molar-refractivity contribution is 6.00. The highest BCUT2D eigenvalue weighted by atomic mass is 16.2. The van der Waals surface area contributed by atoms with Crippen molar-refractivity contribution in [1.29, 1.82) is 0 Å². The lowest BCUT2D eigenvalue weighted by Gasteiger charge is -2.29. The monoisotopic (exact) mass is 314 g/mol. The summed E-state index contributed by atoms with van der Waals surface area (Å²) in [4.78, 5) is 28.6. The molecule has 0 N–H and O–H groups in total. The lowest BCUT2D eigenvalue weighted by Crippen LogP contribution is -2.36. The Kier molecular flexibility index (Phi) is 4.81. The molecule has 4 nitrogen and oxygen atoms in total. The van der Waals surface area contributed by atoms with Gasteiger partial charge in [-0.25, -0.2) is 0 Å².